The summed E-state index contributed by atoms with van der Waals surface area (Å²) in [5.74, 6) is 1.12. The average Bonchev–Trinajstić information content (AvgIpc) is 3.34. The van der Waals surface area contributed by atoms with E-state index in [0.717, 1.165) is 51.6 Å². The summed E-state index contributed by atoms with van der Waals surface area (Å²) in [7, 11) is 0. The zero-order valence-corrected chi connectivity index (χ0v) is 15.7. The van der Waals surface area contributed by atoms with Crippen LogP contribution >= 0.6 is 0 Å². The molecule has 0 unspecified atom stereocenters. The molecule has 2 aliphatic heterocycles. The fraction of sp³-hybridized carbons (Fsp3) is 0.619. The van der Waals surface area contributed by atoms with E-state index in [1.54, 1.807) is 6.07 Å². The summed E-state index contributed by atoms with van der Waals surface area (Å²) in [6.45, 7) is 2.79. The van der Waals surface area contributed by atoms with Crippen molar-refractivity contribution in [2.24, 2.45) is 5.92 Å². The van der Waals surface area contributed by atoms with Gasteiger partial charge in [-0.1, -0.05) is 6.07 Å². The van der Waals surface area contributed by atoms with Crippen LogP contribution in [0.4, 0.5) is 0 Å². The Kier molecular flexibility index (Phi) is 5.62. The molecule has 1 saturated carbocycles. The van der Waals surface area contributed by atoms with Gasteiger partial charge < -0.3 is 19.7 Å². The lowest BCUT2D eigenvalue weighted by Crippen LogP contribution is -2.45. The second-order valence-electron chi connectivity index (χ2n) is 7.88. The molecule has 2 amide bonds. The third-order valence-corrected chi connectivity index (χ3v) is 5.53. The van der Waals surface area contributed by atoms with Gasteiger partial charge in [-0.3, -0.25) is 9.59 Å². The van der Waals surface area contributed by atoms with E-state index in [4.69, 9.17) is 9.47 Å². The topological polar surface area (TPSA) is 67.9 Å². The SMILES string of the molecule is O=C(NC1CC1)c1cccc(OC[C@@H]2CCCN(C(=O)[C@H]3CCCO3)C2)c1. The molecular formula is C21H28N2O4. The van der Waals surface area contributed by atoms with Gasteiger partial charge in [0.25, 0.3) is 11.8 Å². The molecule has 1 N–H and O–H groups in total. The molecule has 4 rings (SSSR count). The molecule has 0 spiro atoms. The lowest BCUT2D eigenvalue weighted by atomic mass is 9.98. The van der Waals surface area contributed by atoms with Crippen molar-refractivity contribution in [3.63, 3.8) is 0 Å². The normalized spacial score (nSPS) is 25.3. The van der Waals surface area contributed by atoms with Crippen molar-refractivity contribution in [2.45, 2.75) is 50.7 Å². The largest absolute Gasteiger partial charge is 0.493 e. The van der Waals surface area contributed by atoms with Crippen LogP contribution in [-0.2, 0) is 9.53 Å². The first-order valence-electron chi connectivity index (χ1n) is 10.1. The van der Waals surface area contributed by atoms with Gasteiger partial charge in [-0.2, -0.15) is 0 Å². The summed E-state index contributed by atoms with van der Waals surface area (Å²) in [6.07, 6.45) is 5.77. The third kappa shape index (κ3) is 4.80. The monoisotopic (exact) mass is 372 g/mol. The van der Waals surface area contributed by atoms with Crippen LogP contribution in [0.1, 0.15) is 48.9 Å². The van der Waals surface area contributed by atoms with Gasteiger partial charge in [0.05, 0.1) is 6.61 Å². The highest BCUT2D eigenvalue weighted by Gasteiger charge is 2.31. The van der Waals surface area contributed by atoms with Crippen LogP contribution in [-0.4, -0.2) is 55.2 Å². The molecule has 1 aromatic rings. The van der Waals surface area contributed by atoms with Crippen LogP contribution in [0.3, 0.4) is 0 Å². The van der Waals surface area contributed by atoms with Crippen molar-refractivity contribution in [3.8, 4) is 5.75 Å². The van der Waals surface area contributed by atoms with E-state index >= 15 is 0 Å². The molecule has 6 nitrogen and oxygen atoms in total. The minimum Gasteiger partial charge on any atom is -0.493 e. The quantitative estimate of drug-likeness (QED) is 0.833. The number of benzene rings is 1. The van der Waals surface area contributed by atoms with Gasteiger partial charge in [0.15, 0.2) is 0 Å². The van der Waals surface area contributed by atoms with Gasteiger partial charge in [-0.25, -0.2) is 0 Å². The van der Waals surface area contributed by atoms with Crippen LogP contribution in [0.25, 0.3) is 0 Å². The number of nitrogens with zero attached hydrogens (tertiary/aromatic N) is 1. The van der Waals surface area contributed by atoms with Crippen molar-refractivity contribution in [3.05, 3.63) is 29.8 Å². The van der Waals surface area contributed by atoms with Gasteiger partial charge >= 0.3 is 0 Å². The Balaban J connectivity index is 1.29. The van der Waals surface area contributed by atoms with E-state index in [-0.39, 0.29) is 17.9 Å². The van der Waals surface area contributed by atoms with Crippen molar-refractivity contribution >= 4 is 11.8 Å². The van der Waals surface area contributed by atoms with Crippen molar-refractivity contribution < 1.29 is 19.1 Å². The Labute approximate surface area is 160 Å². The predicted molar refractivity (Wildman–Crippen MR) is 101 cm³/mol. The zero-order valence-electron chi connectivity index (χ0n) is 15.7. The van der Waals surface area contributed by atoms with Crippen LogP contribution in [0.2, 0.25) is 0 Å². The van der Waals surface area contributed by atoms with Gasteiger partial charge in [0, 0.05) is 37.2 Å². The summed E-state index contributed by atoms with van der Waals surface area (Å²) in [4.78, 5) is 26.7. The van der Waals surface area contributed by atoms with E-state index in [1.807, 2.05) is 23.1 Å². The summed E-state index contributed by atoms with van der Waals surface area (Å²) in [5, 5.41) is 3.00. The van der Waals surface area contributed by atoms with Crippen LogP contribution in [0, 0.1) is 5.92 Å². The van der Waals surface area contributed by atoms with E-state index in [0.29, 0.717) is 36.5 Å². The van der Waals surface area contributed by atoms with E-state index < -0.39 is 0 Å². The van der Waals surface area contributed by atoms with Crippen molar-refractivity contribution in [1.82, 2.24) is 10.2 Å². The second-order valence-corrected chi connectivity index (χ2v) is 7.88. The van der Waals surface area contributed by atoms with Crippen LogP contribution < -0.4 is 10.1 Å². The third-order valence-electron chi connectivity index (χ3n) is 5.53. The van der Waals surface area contributed by atoms with Gasteiger partial charge in [0.1, 0.15) is 11.9 Å². The van der Waals surface area contributed by atoms with Crippen molar-refractivity contribution in [1.29, 1.82) is 0 Å². The Hall–Kier alpha value is -2.08. The molecular weight excluding hydrogens is 344 g/mol. The maximum Gasteiger partial charge on any atom is 0.251 e. The average molecular weight is 372 g/mol. The van der Waals surface area contributed by atoms with Gasteiger partial charge in [0.2, 0.25) is 0 Å². The first-order valence-corrected chi connectivity index (χ1v) is 10.1. The molecule has 6 heteroatoms. The number of hydrogen-bond donors (Lipinski definition) is 1. The molecule has 2 atom stereocenters. The lowest BCUT2D eigenvalue weighted by Gasteiger charge is -2.34. The molecule has 146 valence electrons. The molecule has 1 aliphatic carbocycles. The number of hydrogen-bond acceptors (Lipinski definition) is 4. The molecule has 0 radical (unpaired) electrons. The number of carbonyl (C=O) groups excluding carboxylic acids is 2. The maximum atomic E-state index is 12.5. The number of ether oxygens (including phenoxy) is 2. The first kappa shape index (κ1) is 18.3. The number of likely N-dealkylation sites (tertiary alicyclic amines) is 1. The Morgan fingerprint density at radius 2 is 2.07 bits per heavy atom. The fourth-order valence-electron chi connectivity index (χ4n) is 3.81. The lowest BCUT2D eigenvalue weighted by molar-refractivity contribution is -0.143. The summed E-state index contributed by atoms with van der Waals surface area (Å²) >= 11 is 0. The molecule has 3 fully saturated rings. The molecule has 2 heterocycles. The molecule has 0 aromatic heterocycles. The minimum atomic E-state index is -0.244. The molecule has 2 saturated heterocycles. The Morgan fingerprint density at radius 3 is 2.85 bits per heavy atom. The first-order chi connectivity index (χ1) is 13.2. The van der Waals surface area contributed by atoms with E-state index in [2.05, 4.69) is 5.32 Å². The Morgan fingerprint density at radius 1 is 1.19 bits per heavy atom. The highest BCUT2D eigenvalue weighted by atomic mass is 16.5. The Bertz CT molecular complexity index is 683. The molecule has 0 bridgehead atoms. The van der Waals surface area contributed by atoms with Crippen molar-refractivity contribution in [2.75, 3.05) is 26.3 Å². The summed E-state index contributed by atoms with van der Waals surface area (Å²) in [5.41, 5.74) is 0.637. The number of piperidine rings is 1. The number of nitrogens with one attached hydrogen (secondary N) is 1. The highest BCUT2D eigenvalue weighted by molar-refractivity contribution is 5.94. The zero-order chi connectivity index (χ0) is 18.6. The number of amides is 2. The predicted octanol–water partition coefficient (Wildman–Crippen LogP) is 2.38. The van der Waals surface area contributed by atoms with E-state index in [9.17, 15) is 9.59 Å². The second kappa shape index (κ2) is 8.30. The maximum absolute atomic E-state index is 12.5. The summed E-state index contributed by atoms with van der Waals surface area (Å²) < 4.78 is 11.5. The van der Waals surface area contributed by atoms with E-state index in [1.165, 1.54) is 0 Å². The minimum absolute atomic E-state index is 0.0334. The summed E-state index contributed by atoms with van der Waals surface area (Å²) in [6, 6.07) is 7.69. The molecule has 27 heavy (non-hydrogen) atoms. The molecule has 1 aromatic carbocycles. The standard InChI is InChI=1S/C21H28N2O4/c24-20(22-17-8-9-17)16-5-1-6-18(12-16)27-14-15-4-2-10-23(13-15)21(25)19-7-3-11-26-19/h1,5-6,12,15,17,19H,2-4,7-11,13-14H2,(H,22,24)/t15-,19-/m1/s1. The van der Waals surface area contributed by atoms with Gasteiger partial charge in [-0.15, -0.1) is 0 Å². The number of carbonyl (C=O) groups is 2. The van der Waals surface area contributed by atoms with Gasteiger partial charge in [-0.05, 0) is 56.7 Å². The fourth-order valence-corrected chi connectivity index (χ4v) is 3.81. The van der Waals surface area contributed by atoms with Crippen LogP contribution in [0.15, 0.2) is 24.3 Å². The smallest absolute Gasteiger partial charge is 0.251 e. The highest BCUT2D eigenvalue weighted by Crippen LogP contribution is 2.23. The van der Waals surface area contributed by atoms with Crippen LogP contribution in [0.5, 0.6) is 5.75 Å². The number of rotatable bonds is 6. The molecule has 3 aliphatic rings.